The molecule has 1 saturated heterocycles. The summed E-state index contributed by atoms with van der Waals surface area (Å²) in [7, 11) is 0. The number of imidazole rings is 1. The van der Waals surface area contributed by atoms with E-state index in [9.17, 15) is 0 Å². The zero-order valence-corrected chi connectivity index (χ0v) is 13.0. The summed E-state index contributed by atoms with van der Waals surface area (Å²) in [5.41, 5.74) is 2.49. The lowest BCUT2D eigenvalue weighted by atomic mass is 10.2. The molecule has 2 aromatic heterocycles. The van der Waals surface area contributed by atoms with E-state index in [2.05, 4.69) is 37.4 Å². The molecular formula is C16H19N7. The summed E-state index contributed by atoms with van der Waals surface area (Å²) in [6.45, 7) is 4.94. The largest absolute Gasteiger partial charge is 0.340 e. The molecule has 0 saturated carbocycles. The van der Waals surface area contributed by atoms with Crippen LogP contribution in [0.1, 0.15) is 6.92 Å². The summed E-state index contributed by atoms with van der Waals surface area (Å²) in [6, 6.07) is 10.4. The lowest BCUT2D eigenvalue weighted by molar-refractivity contribution is 0.493. The third-order valence-corrected chi connectivity index (χ3v) is 4.07. The number of hydrogen-bond donors (Lipinski definition) is 3. The van der Waals surface area contributed by atoms with Gasteiger partial charge in [0.15, 0.2) is 11.5 Å². The predicted molar refractivity (Wildman–Crippen MR) is 91.1 cm³/mol. The van der Waals surface area contributed by atoms with Gasteiger partial charge in [-0.15, -0.1) is 0 Å². The van der Waals surface area contributed by atoms with E-state index in [0.717, 1.165) is 42.6 Å². The van der Waals surface area contributed by atoms with Crippen molar-refractivity contribution in [3.05, 3.63) is 36.7 Å². The van der Waals surface area contributed by atoms with Crippen molar-refractivity contribution < 1.29 is 0 Å². The number of rotatable bonds is 3. The van der Waals surface area contributed by atoms with E-state index in [1.54, 1.807) is 6.33 Å². The number of anilines is 3. The van der Waals surface area contributed by atoms with Crippen molar-refractivity contribution in [1.82, 2.24) is 25.3 Å². The van der Waals surface area contributed by atoms with Crippen LogP contribution in [0.25, 0.3) is 11.2 Å². The summed E-state index contributed by atoms with van der Waals surface area (Å²) in [4.78, 5) is 19.0. The zero-order valence-electron chi connectivity index (χ0n) is 13.0. The van der Waals surface area contributed by atoms with Crippen LogP contribution in [0.3, 0.4) is 0 Å². The molecule has 0 aliphatic carbocycles. The number of piperazine rings is 1. The molecule has 3 N–H and O–H groups in total. The van der Waals surface area contributed by atoms with Gasteiger partial charge in [-0.1, -0.05) is 18.2 Å². The van der Waals surface area contributed by atoms with Crippen molar-refractivity contribution >= 4 is 28.6 Å². The average molecular weight is 309 g/mol. The first-order valence-corrected chi connectivity index (χ1v) is 7.82. The molecule has 0 spiro atoms. The van der Waals surface area contributed by atoms with Gasteiger partial charge >= 0.3 is 0 Å². The van der Waals surface area contributed by atoms with E-state index in [1.165, 1.54) is 0 Å². The van der Waals surface area contributed by atoms with E-state index in [1.807, 2.05) is 30.3 Å². The number of benzene rings is 1. The van der Waals surface area contributed by atoms with Crippen molar-refractivity contribution in [3.63, 3.8) is 0 Å². The van der Waals surface area contributed by atoms with Crippen LogP contribution < -0.4 is 15.5 Å². The maximum absolute atomic E-state index is 4.75. The van der Waals surface area contributed by atoms with Crippen LogP contribution in [0.4, 0.5) is 17.5 Å². The molecule has 1 aromatic carbocycles. The highest BCUT2D eigenvalue weighted by atomic mass is 15.3. The molecule has 118 valence electrons. The molecule has 4 rings (SSSR count). The van der Waals surface area contributed by atoms with Crippen molar-refractivity contribution in [1.29, 1.82) is 0 Å². The number of aromatic nitrogens is 4. The minimum absolute atomic E-state index is 0.352. The first kappa shape index (κ1) is 14.0. The fourth-order valence-corrected chi connectivity index (χ4v) is 2.84. The van der Waals surface area contributed by atoms with Gasteiger partial charge in [0.1, 0.15) is 5.52 Å². The highest BCUT2D eigenvalue weighted by molar-refractivity contribution is 5.86. The number of fused-ring (bicyclic) bond motifs is 1. The molecule has 1 aliphatic heterocycles. The van der Waals surface area contributed by atoms with Gasteiger partial charge in [0.25, 0.3) is 0 Å². The zero-order chi connectivity index (χ0) is 15.6. The Morgan fingerprint density at radius 1 is 1.22 bits per heavy atom. The normalized spacial score (nSPS) is 18.3. The van der Waals surface area contributed by atoms with E-state index in [4.69, 9.17) is 4.98 Å². The van der Waals surface area contributed by atoms with Gasteiger partial charge in [-0.2, -0.15) is 9.97 Å². The molecule has 0 amide bonds. The predicted octanol–water partition coefficient (Wildman–Crippen LogP) is 1.89. The summed E-state index contributed by atoms with van der Waals surface area (Å²) >= 11 is 0. The third kappa shape index (κ3) is 2.70. The topological polar surface area (TPSA) is 81.8 Å². The van der Waals surface area contributed by atoms with Crippen molar-refractivity contribution in [2.45, 2.75) is 13.0 Å². The van der Waals surface area contributed by atoms with Gasteiger partial charge in [-0.3, -0.25) is 0 Å². The lowest BCUT2D eigenvalue weighted by Crippen LogP contribution is -2.50. The smallest absolute Gasteiger partial charge is 0.229 e. The second-order valence-corrected chi connectivity index (χ2v) is 5.71. The number of hydrogen-bond acceptors (Lipinski definition) is 6. The highest BCUT2D eigenvalue weighted by Crippen LogP contribution is 2.25. The summed E-state index contributed by atoms with van der Waals surface area (Å²) in [5, 5.41) is 6.75. The van der Waals surface area contributed by atoms with Crippen LogP contribution in [-0.4, -0.2) is 45.6 Å². The van der Waals surface area contributed by atoms with Crippen LogP contribution in [0, 0.1) is 0 Å². The quantitative estimate of drug-likeness (QED) is 0.685. The van der Waals surface area contributed by atoms with Crippen LogP contribution in [-0.2, 0) is 0 Å². The van der Waals surface area contributed by atoms with Gasteiger partial charge in [-0.25, -0.2) is 4.98 Å². The van der Waals surface area contributed by atoms with E-state index in [-0.39, 0.29) is 0 Å². The molecule has 0 radical (unpaired) electrons. The molecular weight excluding hydrogens is 290 g/mol. The summed E-state index contributed by atoms with van der Waals surface area (Å²) in [6.07, 6.45) is 1.65. The van der Waals surface area contributed by atoms with Crippen molar-refractivity contribution in [2.24, 2.45) is 0 Å². The fraction of sp³-hybridized carbons (Fsp3) is 0.312. The van der Waals surface area contributed by atoms with Crippen LogP contribution in [0.5, 0.6) is 0 Å². The molecule has 7 heteroatoms. The summed E-state index contributed by atoms with van der Waals surface area (Å²) < 4.78 is 0. The Hall–Kier alpha value is -2.67. The molecule has 3 heterocycles. The Kier molecular flexibility index (Phi) is 3.55. The van der Waals surface area contributed by atoms with Crippen molar-refractivity contribution in [2.75, 3.05) is 29.9 Å². The number of para-hydroxylation sites is 1. The number of nitrogens with zero attached hydrogens (tertiary/aromatic N) is 4. The number of H-pyrrole nitrogens is 1. The van der Waals surface area contributed by atoms with Crippen LogP contribution in [0.15, 0.2) is 36.7 Å². The molecule has 7 nitrogen and oxygen atoms in total. The highest BCUT2D eigenvalue weighted by Gasteiger charge is 2.22. The first-order valence-electron chi connectivity index (χ1n) is 7.82. The first-order chi connectivity index (χ1) is 11.3. The van der Waals surface area contributed by atoms with E-state index >= 15 is 0 Å². The monoisotopic (exact) mass is 309 g/mol. The SMILES string of the molecule is CC1CNCCN1c1nc(Nc2ccccc2)c2[nH]cnc2n1. The Morgan fingerprint density at radius 2 is 2.09 bits per heavy atom. The molecule has 3 aromatic rings. The van der Waals surface area contributed by atoms with Gasteiger partial charge in [-0.05, 0) is 19.1 Å². The van der Waals surface area contributed by atoms with Crippen LogP contribution >= 0.6 is 0 Å². The minimum atomic E-state index is 0.352. The molecule has 23 heavy (non-hydrogen) atoms. The van der Waals surface area contributed by atoms with Crippen molar-refractivity contribution in [3.8, 4) is 0 Å². The lowest BCUT2D eigenvalue weighted by Gasteiger charge is -2.34. The summed E-state index contributed by atoms with van der Waals surface area (Å²) in [5.74, 6) is 1.47. The van der Waals surface area contributed by atoms with Crippen LogP contribution in [0.2, 0.25) is 0 Å². The minimum Gasteiger partial charge on any atom is -0.340 e. The third-order valence-electron chi connectivity index (χ3n) is 4.07. The Bertz CT molecular complexity index is 799. The Balaban J connectivity index is 1.75. The average Bonchev–Trinajstić information content (AvgIpc) is 3.05. The van der Waals surface area contributed by atoms with E-state index in [0.29, 0.717) is 11.7 Å². The number of aromatic amines is 1. The Labute approximate surface area is 134 Å². The molecule has 1 unspecified atom stereocenters. The second kappa shape index (κ2) is 5.85. The van der Waals surface area contributed by atoms with Gasteiger partial charge < -0.3 is 20.5 Å². The molecule has 1 atom stereocenters. The number of nitrogens with one attached hydrogen (secondary N) is 3. The second-order valence-electron chi connectivity index (χ2n) is 5.71. The van der Waals surface area contributed by atoms with Gasteiger partial charge in [0, 0.05) is 31.4 Å². The fourth-order valence-electron chi connectivity index (χ4n) is 2.84. The molecule has 0 bridgehead atoms. The Morgan fingerprint density at radius 3 is 2.91 bits per heavy atom. The van der Waals surface area contributed by atoms with Gasteiger partial charge in [0.2, 0.25) is 5.95 Å². The van der Waals surface area contributed by atoms with E-state index < -0.39 is 0 Å². The maximum Gasteiger partial charge on any atom is 0.229 e. The molecule has 1 aliphatic rings. The van der Waals surface area contributed by atoms with Gasteiger partial charge in [0.05, 0.1) is 6.33 Å². The standard InChI is InChI=1S/C16H19N7/c1-11-9-17-7-8-23(11)16-21-14-13(18-10-19-14)15(22-16)20-12-5-3-2-4-6-12/h2-6,10-11,17H,7-9H2,1H3,(H2,18,19,20,21,22). The molecule has 1 fully saturated rings. The maximum atomic E-state index is 4.75.